The largest absolute Gasteiger partial charge is 0.370 e. The van der Waals surface area contributed by atoms with E-state index in [2.05, 4.69) is 15.5 Å². The Morgan fingerprint density at radius 1 is 1.07 bits per heavy atom. The molecular weight excluding hydrogens is 376 g/mol. The van der Waals surface area contributed by atoms with Crippen LogP contribution in [0.4, 0.5) is 17.1 Å². The van der Waals surface area contributed by atoms with E-state index in [0.29, 0.717) is 28.3 Å². The number of hydrogen-bond acceptors (Lipinski definition) is 5. The molecule has 4 N–H and O–H groups in total. The van der Waals surface area contributed by atoms with Gasteiger partial charge in [-0.3, -0.25) is 14.4 Å². The Morgan fingerprint density at radius 3 is 2.57 bits per heavy atom. The Bertz CT molecular complexity index is 970. The van der Waals surface area contributed by atoms with Crippen molar-refractivity contribution in [3.63, 3.8) is 0 Å². The van der Waals surface area contributed by atoms with Gasteiger partial charge in [-0.05, 0) is 49.2 Å². The van der Waals surface area contributed by atoms with Crippen LogP contribution in [0.1, 0.15) is 33.6 Å². The van der Waals surface area contributed by atoms with E-state index in [0.717, 1.165) is 36.5 Å². The minimum atomic E-state index is -0.544. The van der Waals surface area contributed by atoms with Crippen LogP contribution in [-0.4, -0.2) is 36.6 Å². The standard InChI is InChI=1S/C20H20N4O3S/c21-19(26)12-3-5-16(24-7-1-2-8-24)14(9-12)23-20(27)13-4-6-17-15(10-13)22-18(25)11-28-17/h3-6,9-10H,1-2,7-8,11H2,(H2,21,26)(H,22,25)(H,23,27). The fourth-order valence-corrected chi connectivity index (χ4v) is 4.23. The number of primary amides is 1. The number of hydrogen-bond donors (Lipinski definition) is 3. The molecule has 1 saturated heterocycles. The summed E-state index contributed by atoms with van der Waals surface area (Å²) in [6.07, 6.45) is 2.18. The molecule has 8 heteroatoms. The monoisotopic (exact) mass is 396 g/mol. The van der Waals surface area contributed by atoms with Crippen molar-refractivity contribution >= 4 is 46.5 Å². The minimum Gasteiger partial charge on any atom is -0.370 e. The third kappa shape index (κ3) is 3.68. The maximum absolute atomic E-state index is 12.9. The van der Waals surface area contributed by atoms with Gasteiger partial charge in [-0.2, -0.15) is 0 Å². The first-order valence-corrected chi connectivity index (χ1v) is 10.1. The number of nitrogens with two attached hydrogens (primary N) is 1. The summed E-state index contributed by atoms with van der Waals surface area (Å²) in [5.74, 6) is -0.565. The summed E-state index contributed by atoms with van der Waals surface area (Å²) in [6.45, 7) is 1.81. The van der Waals surface area contributed by atoms with E-state index in [-0.39, 0.29) is 11.8 Å². The van der Waals surface area contributed by atoms with E-state index in [4.69, 9.17) is 5.73 Å². The van der Waals surface area contributed by atoms with Crippen LogP contribution in [0.3, 0.4) is 0 Å². The van der Waals surface area contributed by atoms with Gasteiger partial charge in [0.1, 0.15) is 0 Å². The Morgan fingerprint density at radius 2 is 1.82 bits per heavy atom. The van der Waals surface area contributed by atoms with E-state index < -0.39 is 5.91 Å². The molecule has 0 unspecified atom stereocenters. The van der Waals surface area contributed by atoms with Gasteiger partial charge in [-0.15, -0.1) is 11.8 Å². The summed E-state index contributed by atoms with van der Waals surface area (Å²) < 4.78 is 0. The highest BCUT2D eigenvalue weighted by molar-refractivity contribution is 8.00. The van der Waals surface area contributed by atoms with Crippen molar-refractivity contribution in [1.29, 1.82) is 0 Å². The zero-order valence-corrected chi connectivity index (χ0v) is 16.0. The van der Waals surface area contributed by atoms with Crippen LogP contribution in [0.2, 0.25) is 0 Å². The lowest BCUT2D eigenvalue weighted by Gasteiger charge is -2.22. The number of nitrogens with zero attached hydrogens (tertiary/aromatic N) is 1. The second kappa shape index (κ2) is 7.55. The van der Waals surface area contributed by atoms with Crippen molar-refractivity contribution in [1.82, 2.24) is 0 Å². The summed E-state index contributed by atoms with van der Waals surface area (Å²) >= 11 is 1.44. The SMILES string of the molecule is NC(=O)c1ccc(N2CCCC2)c(NC(=O)c2ccc3c(c2)NC(=O)CS3)c1. The number of anilines is 3. The van der Waals surface area contributed by atoms with Crippen LogP contribution < -0.4 is 21.3 Å². The van der Waals surface area contributed by atoms with Gasteiger partial charge in [0.25, 0.3) is 5.91 Å². The number of thioether (sulfide) groups is 1. The molecule has 2 aliphatic rings. The van der Waals surface area contributed by atoms with Gasteiger partial charge in [-0.25, -0.2) is 0 Å². The summed E-state index contributed by atoms with van der Waals surface area (Å²) in [4.78, 5) is 39.2. The fourth-order valence-electron chi connectivity index (χ4n) is 3.44. The van der Waals surface area contributed by atoms with E-state index in [1.165, 1.54) is 11.8 Å². The highest BCUT2D eigenvalue weighted by atomic mass is 32.2. The molecule has 28 heavy (non-hydrogen) atoms. The molecule has 7 nitrogen and oxygen atoms in total. The van der Waals surface area contributed by atoms with Gasteiger partial charge in [0.05, 0.1) is 22.8 Å². The highest BCUT2D eigenvalue weighted by Gasteiger charge is 2.21. The first-order valence-electron chi connectivity index (χ1n) is 9.08. The molecule has 4 rings (SSSR count). The molecule has 2 heterocycles. The summed E-state index contributed by atoms with van der Waals surface area (Å²) in [7, 11) is 0. The maximum Gasteiger partial charge on any atom is 0.255 e. The molecule has 0 aromatic heterocycles. The van der Waals surface area contributed by atoms with E-state index in [1.54, 1.807) is 24.3 Å². The van der Waals surface area contributed by atoms with E-state index in [1.807, 2.05) is 12.1 Å². The van der Waals surface area contributed by atoms with E-state index >= 15 is 0 Å². The second-order valence-corrected chi connectivity index (χ2v) is 7.81. The van der Waals surface area contributed by atoms with Crippen molar-refractivity contribution in [3.8, 4) is 0 Å². The second-order valence-electron chi connectivity index (χ2n) is 6.79. The van der Waals surface area contributed by atoms with Crippen molar-refractivity contribution < 1.29 is 14.4 Å². The van der Waals surface area contributed by atoms with Gasteiger partial charge < -0.3 is 21.3 Å². The molecule has 0 bridgehead atoms. The molecular formula is C20H20N4O3S. The lowest BCUT2D eigenvalue weighted by molar-refractivity contribution is -0.113. The highest BCUT2D eigenvalue weighted by Crippen LogP contribution is 2.33. The quantitative estimate of drug-likeness (QED) is 0.737. The minimum absolute atomic E-state index is 0.0828. The Balaban J connectivity index is 1.63. The molecule has 2 aromatic carbocycles. The van der Waals surface area contributed by atoms with Crippen molar-refractivity contribution in [2.75, 3.05) is 34.4 Å². The number of amides is 3. The smallest absolute Gasteiger partial charge is 0.255 e. The first-order chi connectivity index (χ1) is 13.5. The van der Waals surface area contributed by atoms with Gasteiger partial charge in [0.2, 0.25) is 11.8 Å². The third-order valence-corrected chi connectivity index (χ3v) is 5.92. The molecule has 0 aliphatic carbocycles. The average Bonchev–Trinajstić information content (AvgIpc) is 3.21. The third-order valence-electron chi connectivity index (χ3n) is 4.85. The van der Waals surface area contributed by atoms with Crippen LogP contribution in [0.25, 0.3) is 0 Å². The number of fused-ring (bicyclic) bond motifs is 1. The number of nitrogens with one attached hydrogen (secondary N) is 2. The molecule has 0 radical (unpaired) electrons. The number of carbonyl (C=O) groups is 3. The molecule has 0 atom stereocenters. The predicted molar refractivity (Wildman–Crippen MR) is 110 cm³/mol. The first kappa shape index (κ1) is 18.4. The molecule has 3 amide bonds. The zero-order valence-electron chi connectivity index (χ0n) is 15.2. The van der Waals surface area contributed by atoms with Crippen molar-refractivity contribution in [3.05, 3.63) is 47.5 Å². The Labute approximate surface area is 166 Å². The number of carbonyl (C=O) groups excluding carboxylic acids is 3. The van der Waals surface area contributed by atoms with Gasteiger partial charge in [0, 0.05) is 29.1 Å². The van der Waals surface area contributed by atoms with Crippen LogP contribution >= 0.6 is 11.8 Å². The van der Waals surface area contributed by atoms with Crippen molar-refractivity contribution in [2.24, 2.45) is 5.73 Å². The summed E-state index contributed by atoms with van der Waals surface area (Å²) in [5, 5.41) is 5.70. The van der Waals surface area contributed by atoms with E-state index in [9.17, 15) is 14.4 Å². The summed E-state index contributed by atoms with van der Waals surface area (Å²) in [6, 6.07) is 10.3. The molecule has 1 fully saturated rings. The van der Waals surface area contributed by atoms with Crippen LogP contribution in [0, 0.1) is 0 Å². The average molecular weight is 396 g/mol. The Kier molecular flexibility index (Phi) is 4.95. The topological polar surface area (TPSA) is 105 Å². The fraction of sp³-hybridized carbons (Fsp3) is 0.250. The van der Waals surface area contributed by atoms with Gasteiger partial charge >= 0.3 is 0 Å². The predicted octanol–water partition coefficient (Wildman–Crippen LogP) is 2.68. The van der Waals surface area contributed by atoms with Crippen LogP contribution in [0.5, 0.6) is 0 Å². The van der Waals surface area contributed by atoms with Gasteiger partial charge in [-0.1, -0.05) is 0 Å². The summed E-state index contributed by atoms with van der Waals surface area (Å²) in [5.41, 5.74) is 8.25. The normalized spacial score (nSPS) is 15.7. The lowest BCUT2D eigenvalue weighted by atomic mass is 10.1. The number of benzene rings is 2. The maximum atomic E-state index is 12.9. The zero-order chi connectivity index (χ0) is 19.7. The molecule has 0 saturated carbocycles. The van der Waals surface area contributed by atoms with Gasteiger partial charge in [0.15, 0.2) is 0 Å². The number of rotatable bonds is 4. The Hall–Kier alpha value is -3.00. The molecule has 144 valence electrons. The lowest BCUT2D eigenvalue weighted by Crippen LogP contribution is -2.23. The van der Waals surface area contributed by atoms with Crippen LogP contribution in [-0.2, 0) is 4.79 Å². The molecule has 2 aliphatic heterocycles. The molecule has 0 spiro atoms. The molecule has 2 aromatic rings. The van der Waals surface area contributed by atoms with Crippen molar-refractivity contribution in [2.45, 2.75) is 17.7 Å². The van der Waals surface area contributed by atoms with Crippen LogP contribution in [0.15, 0.2) is 41.3 Å².